The predicted octanol–water partition coefficient (Wildman–Crippen LogP) is 3.86. The molecule has 17 heavy (non-hydrogen) atoms. The molecule has 0 bridgehead atoms. The zero-order valence-electron chi connectivity index (χ0n) is 11.4. The molecule has 0 spiro atoms. The van der Waals surface area contributed by atoms with E-state index in [0.29, 0.717) is 5.92 Å². The Hall–Kier alpha value is -0.820. The van der Waals surface area contributed by atoms with E-state index in [9.17, 15) is 0 Å². The molecule has 1 aromatic rings. The molecule has 0 saturated heterocycles. The minimum absolute atomic E-state index is 0.0995. The molecule has 1 fully saturated rings. The largest absolute Gasteiger partial charge is 0.321 e. The highest BCUT2D eigenvalue weighted by molar-refractivity contribution is 5.30. The van der Waals surface area contributed by atoms with Crippen molar-refractivity contribution < 1.29 is 0 Å². The Bertz CT molecular complexity index is 385. The molecule has 0 aromatic heterocycles. The Labute approximate surface area is 105 Å². The molecular formula is C16H25N. The summed E-state index contributed by atoms with van der Waals surface area (Å²) in [6.07, 6.45) is 4.74. The second kappa shape index (κ2) is 4.81. The van der Waals surface area contributed by atoms with Crippen LogP contribution in [0.4, 0.5) is 0 Å². The Balaban J connectivity index is 2.30. The number of rotatable bonds is 2. The van der Waals surface area contributed by atoms with Crippen LogP contribution in [0.25, 0.3) is 0 Å². The summed E-state index contributed by atoms with van der Waals surface area (Å²) >= 11 is 0. The first-order valence-electron chi connectivity index (χ1n) is 6.94. The number of hydrogen-bond donors (Lipinski definition) is 1. The van der Waals surface area contributed by atoms with Crippen molar-refractivity contribution in [3.05, 3.63) is 35.4 Å². The van der Waals surface area contributed by atoms with Crippen LogP contribution in [-0.4, -0.2) is 0 Å². The zero-order valence-corrected chi connectivity index (χ0v) is 11.4. The van der Waals surface area contributed by atoms with E-state index in [1.54, 1.807) is 0 Å². The lowest BCUT2D eigenvalue weighted by Crippen LogP contribution is -2.46. The molecule has 1 nitrogen and oxygen atoms in total. The van der Waals surface area contributed by atoms with Crippen LogP contribution >= 0.6 is 0 Å². The van der Waals surface area contributed by atoms with E-state index in [1.165, 1.54) is 24.0 Å². The Morgan fingerprint density at radius 3 is 2.76 bits per heavy atom. The van der Waals surface area contributed by atoms with Crippen molar-refractivity contribution in [3.63, 3.8) is 0 Å². The van der Waals surface area contributed by atoms with Gasteiger partial charge >= 0.3 is 0 Å². The molecule has 1 aliphatic rings. The monoisotopic (exact) mass is 231 g/mol. The van der Waals surface area contributed by atoms with Gasteiger partial charge in [-0.3, -0.25) is 0 Å². The summed E-state index contributed by atoms with van der Waals surface area (Å²) in [5.41, 5.74) is 9.36. The Morgan fingerprint density at radius 2 is 2.12 bits per heavy atom. The smallest absolute Gasteiger partial charge is 0.0435 e. The Morgan fingerprint density at radius 1 is 1.35 bits per heavy atom. The van der Waals surface area contributed by atoms with E-state index in [0.717, 1.165) is 18.8 Å². The van der Waals surface area contributed by atoms with Crippen LogP contribution in [0.1, 0.15) is 51.2 Å². The molecule has 3 atom stereocenters. The SMILES string of the molecule is CCc1cccc(C2(N)CCC(C)CC2C)c1. The molecule has 1 aromatic carbocycles. The number of benzene rings is 1. The third-order valence-electron chi connectivity index (χ3n) is 4.56. The minimum Gasteiger partial charge on any atom is -0.321 e. The van der Waals surface area contributed by atoms with Crippen LogP contribution in [-0.2, 0) is 12.0 Å². The summed E-state index contributed by atoms with van der Waals surface area (Å²) in [5, 5.41) is 0. The normalized spacial score (nSPS) is 33.6. The van der Waals surface area contributed by atoms with Crippen molar-refractivity contribution in [2.24, 2.45) is 17.6 Å². The average Bonchev–Trinajstić information content (AvgIpc) is 2.34. The highest BCUT2D eigenvalue weighted by Gasteiger charge is 2.38. The van der Waals surface area contributed by atoms with Crippen molar-refractivity contribution in [1.29, 1.82) is 0 Å². The van der Waals surface area contributed by atoms with Crippen LogP contribution in [0.3, 0.4) is 0 Å². The topological polar surface area (TPSA) is 26.0 Å². The molecule has 1 saturated carbocycles. The van der Waals surface area contributed by atoms with Crippen molar-refractivity contribution in [2.45, 2.75) is 52.0 Å². The van der Waals surface area contributed by atoms with E-state index in [-0.39, 0.29) is 5.54 Å². The third-order valence-corrected chi connectivity index (χ3v) is 4.56. The molecule has 2 N–H and O–H groups in total. The molecule has 0 heterocycles. The molecule has 94 valence electrons. The van der Waals surface area contributed by atoms with E-state index >= 15 is 0 Å². The first kappa shape index (κ1) is 12.6. The number of nitrogens with two attached hydrogens (primary N) is 1. The van der Waals surface area contributed by atoms with Crippen molar-refractivity contribution in [2.75, 3.05) is 0 Å². The fourth-order valence-corrected chi connectivity index (χ4v) is 3.17. The summed E-state index contributed by atoms with van der Waals surface area (Å²) in [4.78, 5) is 0. The fraction of sp³-hybridized carbons (Fsp3) is 0.625. The first-order valence-corrected chi connectivity index (χ1v) is 6.94. The van der Waals surface area contributed by atoms with Crippen LogP contribution in [0.15, 0.2) is 24.3 Å². The van der Waals surface area contributed by atoms with Crippen molar-refractivity contribution in [3.8, 4) is 0 Å². The van der Waals surface area contributed by atoms with Gasteiger partial charge in [0.2, 0.25) is 0 Å². The minimum atomic E-state index is -0.0995. The summed E-state index contributed by atoms with van der Waals surface area (Å²) in [6, 6.07) is 8.88. The lowest BCUT2D eigenvalue weighted by molar-refractivity contribution is 0.164. The van der Waals surface area contributed by atoms with Gasteiger partial charge in [0.1, 0.15) is 0 Å². The summed E-state index contributed by atoms with van der Waals surface area (Å²) < 4.78 is 0. The van der Waals surface area contributed by atoms with Gasteiger partial charge in [0, 0.05) is 5.54 Å². The van der Waals surface area contributed by atoms with E-state index in [1.807, 2.05) is 0 Å². The maximum Gasteiger partial charge on any atom is 0.0435 e. The van der Waals surface area contributed by atoms with Crippen LogP contribution in [0.2, 0.25) is 0 Å². The van der Waals surface area contributed by atoms with Gasteiger partial charge in [-0.15, -0.1) is 0 Å². The van der Waals surface area contributed by atoms with E-state index in [2.05, 4.69) is 45.0 Å². The second-order valence-corrected chi connectivity index (χ2v) is 5.87. The quantitative estimate of drug-likeness (QED) is 0.821. The molecular weight excluding hydrogens is 206 g/mol. The summed E-state index contributed by atoms with van der Waals surface area (Å²) in [5.74, 6) is 1.41. The molecule has 0 aliphatic heterocycles. The maximum atomic E-state index is 6.71. The van der Waals surface area contributed by atoms with Gasteiger partial charge in [0.25, 0.3) is 0 Å². The predicted molar refractivity (Wildman–Crippen MR) is 73.9 cm³/mol. The second-order valence-electron chi connectivity index (χ2n) is 5.87. The number of hydrogen-bond acceptors (Lipinski definition) is 1. The molecule has 2 rings (SSSR count). The van der Waals surface area contributed by atoms with Crippen molar-refractivity contribution in [1.82, 2.24) is 0 Å². The van der Waals surface area contributed by atoms with E-state index < -0.39 is 0 Å². The molecule has 1 aliphatic carbocycles. The standard InChI is InChI=1S/C16H25N/c1-4-14-6-5-7-15(11-14)16(17)9-8-12(2)10-13(16)3/h5-7,11-13H,4,8-10,17H2,1-3H3. The van der Waals surface area contributed by atoms with Gasteiger partial charge in [-0.05, 0) is 48.6 Å². The summed E-state index contributed by atoms with van der Waals surface area (Å²) in [7, 11) is 0. The van der Waals surface area contributed by atoms with Gasteiger partial charge in [-0.2, -0.15) is 0 Å². The fourth-order valence-electron chi connectivity index (χ4n) is 3.17. The van der Waals surface area contributed by atoms with Gasteiger partial charge in [-0.25, -0.2) is 0 Å². The highest BCUT2D eigenvalue weighted by Crippen LogP contribution is 2.41. The maximum absolute atomic E-state index is 6.71. The molecule has 0 amide bonds. The Kier molecular flexibility index (Phi) is 3.58. The highest BCUT2D eigenvalue weighted by atomic mass is 14.8. The summed E-state index contributed by atoms with van der Waals surface area (Å²) in [6.45, 7) is 6.86. The average molecular weight is 231 g/mol. The molecule has 0 radical (unpaired) electrons. The van der Waals surface area contributed by atoms with Gasteiger partial charge in [-0.1, -0.05) is 45.0 Å². The van der Waals surface area contributed by atoms with Crippen LogP contribution in [0.5, 0.6) is 0 Å². The van der Waals surface area contributed by atoms with Crippen LogP contribution < -0.4 is 5.73 Å². The van der Waals surface area contributed by atoms with Gasteiger partial charge in [0.15, 0.2) is 0 Å². The van der Waals surface area contributed by atoms with E-state index in [4.69, 9.17) is 5.73 Å². The van der Waals surface area contributed by atoms with Crippen molar-refractivity contribution >= 4 is 0 Å². The molecule has 1 heteroatoms. The lowest BCUT2D eigenvalue weighted by atomic mass is 9.67. The van der Waals surface area contributed by atoms with Crippen LogP contribution in [0, 0.1) is 11.8 Å². The number of aryl methyl sites for hydroxylation is 1. The van der Waals surface area contributed by atoms with Gasteiger partial charge in [0.05, 0.1) is 0 Å². The van der Waals surface area contributed by atoms with Gasteiger partial charge < -0.3 is 5.73 Å². The lowest BCUT2D eigenvalue weighted by Gasteiger charge is -2.42. The third kappa shape index (κ3) is 2.40. The molecule has 3 unspecified atom stereocenters. The zero-order chi connectivity index (χ0) is 12.5. The first-order chi connectivity index (χ1) is 8.06.